The van der Waals surface area contributed by atoms with E-state index in [-0.39, 0.29) is 51.4 Å². The number of aromatic nitrogens is 1. The van der Waals surface area contributed by atoms with Crippen molar-refractivity contribution in [2.75, 3.05) is 0 Å². The molecule has 15 heavy (non-hydrogen) atoms. The van der Waals surface area contributed by atoms with Gasteiger partial charge in [0.2, 0.25) is 0 Å². The Morgan fingerprint density at radius 2 is 1.93 bits per heavy atom. The van der Waals surface area contributed by atoms with Gasteiger partial charge in [-0.15, -0.1) is 0 Å². The van der Waals surface area contributed by atoms with Crippen LogP contribution in [0.15, 0.2) is 24.4 Å². The predicted molar refractivity (Wildman–Crippen MR) is 49.4 cm³/mol. The molecule has 0 saturated carbocycles. The van der Waals surface area contributed by atoms with Gasteiger partial charge in [-0.3, -0.25) is 0 Å². The van der Waals surface area contributed by atoms with E-state index in [1.165, 1.54) is 63.2 Å². The number of hydrogen-bond acceptors (Lipinski definition) is 5. The zero-order valence-corrected chi connectivity index (χ0v) is 19.7. The molecule has 1 aromatic heterocycles. The summed E-state index contributed by atoms with van der Waals surface area (Å²) < 4.78 is 11.3. The number of rotatable bonds is 1. The van der Waals surface area contributed by atoms with Crippen molar-refractivity contribution in [1.29, 1.82) is 0 Å². The predicted octanol–water partition coefficient (Wildman–Crippen LogP) is -3.73. The Bertz CT molecular complexity index is 243. The van der Waals surface area contributed by atoms with Gasteiger partial charge in [-0.05, 0) is 16.7 Å². The van der Waals surface area contributed by atoms with Crippen molar-refractivity contribution >= 4 is 83.0 Å². The number of pyridine rings is 1. The van der Waals surface area contributed by atoms with Crippen molar-refractivity contribution < 1.29 is 70.8 Å². The van der Waals surface area contributed by atoms with Crippen LogP contribution in [0.4, 0.5) is 0 Å². The maximum absolute atomic E-state index is 8.87. The van der Waals surface area contributed by atoms with Crippen LogP contribution < -0.4 is 61.5 Å². The van der Waals surface area contributed by atoms with E-state index in [1.54, 1.807) is 12.3 Å². The molecule has 0 aliphatic carbocycles. The molecule has 0 amide bonds. The van der Waals surface area contributed by atoms with Gasteiger partial charge in [0, 0.05) is 6.20 Å². The second-order valence-corrected chi connectivity index (χ2v) is 2.43. The van der Waals surface area contributed by atoms with E-state index in [1.807, 2.05) is 12.1 Å². The molecule has 10 heteroatoms. The monoisotopic (exact) mass is 325 g/mol. The molecule has 1 unspecified atom stereocenters. The standard InChI is InChI=1S/C5H4ClN.3K.HO4P/c6-5-3-1-2-4-7-5;;;;1-4-5(2)3/h1-4H;;;;1H/q;;;+1;/p-1. The third-order valence-corrected chi connectivity index (χ3v) is 1.03. The Morgan fingerprint density at radius 3 is 2.07 bits per heavy atom. The molecule has 1 aromatic rings. The molecule has 68 valence electrons. The van der Waals surface area contributed by atoms with E-state index >= 15 is 0 Å². The van der Waals surface area contributed by atoms with Crippen LogP contribution >= 0.6 is 19.9 Å². The van der Waals surface area contributed by atoms with Crippen LogP contribution in [-0.2, 0) is 9.24 Å². The molecular formula is C5H4ClK3NO4P. The molecular weight excluding hydrogens is 322 g/mol. The third kappa shape index (κ3) is 23.8. The fraction of sp³-hybridized carbons (Fsp3) is 0. The summed E-state index contributed by atoms with van der Waals surface area (Å²) in [7, 11) is -3.15. The van der Waals surface area contributed by atoms with Crippen LogP contribution in [-0.4, -0.2) is 68.1 Å². The summed E-state index contributed by atoms with van der Waals surface area (Å²) in [6.07, 6.45) is 1.66. The van der Waals surface area contributed by atoms with Crippen molar-refractivity contribution in [3.05, 3.63) is 29.5 Å². The average Bonchev–Trinajstić information content (AvgIpc) is 2.23. The van der Waals surface area contributed by atoms with Gasteiger partial charge in [0.05, 0.1) is 0 Å². The molecule has 0 aromatic carbocycles. The molecule has 0 bridgehead atoms. The van der Waals surface area contributed by atoms with Crippen LogP contribution in [0.5, 0.6) is 0 Å². The zero-order chi connectivity index (χ0) is 11.4. The Morgan fingerprint density at radius 1 is 1.47 bits per heavy atom. The van der Waals surface area contributed by atoms with E-state index in [4.69, 9.17) is 26.3 Å². The third-order valence-electron chi connectivity index (χ3n) is 0.690. The van der Waals surface area contributed by atoms with E-state index in [0.29, 0.717) is 5.15 Å². The van der Waals surface area contributed by atoms with Crippen molar-refractivity contribution in [3.8, 4) is 0 Å². The molecule has 0 spiro atoms. The zero-order valence-electron chi connectivity index (χ0n) is 8.71. The Hall–Kier alpha value is 4.33. The molecule has 0 aliphatic rings. The van der Waals surface area contributed by atoms with E-state index < -0.39 is 8.25 Å². The summed E-state index contributed by atoms with van der Waals surface area (Å²) in [5.74, 6) is 0. The van der Waals surface area contributed by atoms with Gasteiger partial charge in [-0.1, -0.05) is 17.7 Å². The molecule has 0 radical (unpaired) electrons. The second-order valence-electron chi connectivity index (χ2n) is 1.45. The fourth-order valence-electron chi connectivity index (χ4n) is 0.342. The summed E-state index contributed by atoms with van der Waals surface area (Å²) >= 11 is 7.93. The summed E-state index contributed by atoms with van der Waals surface area (Å²) in [5.41, 5.74) is 0. The van der Waals surface area contributed by atoms with Gasteiger partial charge >= 0.3 is 123 Å². The first kappa shape index (κ1) is 24.4. The minimum atomic E-state index is -3.15. The second kappa shape index (κ2) is 20.6. The number of nitrogens with zero attached hydrogens (tertiary/aromatic N) is 1. The van der Waals surface area contributed by atoms with Gasteiger partial charge in [0.25, 0.3) is 0 Å². The summed E-state index contributed by atoms with van der Waals surface area (Å²) in [5, 5.41) is 9.08. The van der Waals surface area contributed by atoms with Gasteiger partial charge in [-0.2, -0.15) is 0 Å². The van der Waals surface area contributed by atoms with Crippen LogP contribution in [0.3, 0.4) is 0 Å². The van der Waals surface area contributed by atoms with Crippen LogP contribution in [0.2, 0.25) is 5.15 Å². The first-order valence-electron chi connectivity index (χ1n) is 3.67. The van der Waals surface area contributed by atoms with E-state index in [0.717, 1.165) is 0 Å². The summed E-state index contributed by atoms with van der Waals surface area (Å²) in [6, 6.07) is 5.41. The first-order valence-corrected chi connectivity index (χ1v) is 21.1. The van der Waals surface area contributed by atoms with Crippen molar-refractivity contribution in [1.82, 2.24) is 4.98 Å². The molecule has 0 N–H and O–H groups in total. The molecule has 1 heterocycles. The van der Waals surface area contributed by atoms with Crippen LogP contribution in [0, 0.1) is 0 Å². The SMILES string of the molecule is Clc1ccccn1.O=[P+]([O-])O[O-].[K+].[K][K]. The molecule has 0 saturated heterocycles. The summed E-state index contributed by atoms with van der Waals surface area (Å²) in [4.78, 5) is 12.6. The topological polar surface area (TPSA) is 85.3 Å². The normalized spacial score (nSPS) is 8.33. The molecule has 5 nitrogen and oxygen atoms in total. The van der Waals surface area contributed by atoms with Gasteiger partial charge in [0.1, 0.15) is 5.15 Å². The van der Waals surface area contributed by atoms with E-state index in [9.17, 15) is 0 Å². The quantitative estimate of drug-likeness (QED) is 0.174. The molecule has 1 atom stereocenters. The Kier molecular flexibility index (Phi) is 33.5. The van der Waals surface area contributed by atoms with Crippen molar-refractivity contribution in [2.45, 2.75) is 0 Å². The Labute approximate surface area is 182 Å². The van der Waals surface area contributed by atoms with Crippen molar-refractivity contribution in [2.24, 2.45) is 0 Å². The fourth-order valence-corrected chi connectivity index (χ4v) is 0.471. The minimum absolute atomic E-state index is 0. The summed E-state index contributed by atoms with van der Waals surface area (Å²) in [6.45, 7) is 0. The molecule has 1 rings (SSSR count). The number of hydrogen-bond donors (Lipinski definition) is 0. The van der Waals surface area contributed by atoms with Gasteiger partial charge in [-0.25, -0.2) is 9.66 Å². The van der Waals surface area contributed by atoms with Crippen LogP contribution in [0.1, 0.15) is 0 Å². The average molecular weight is 326 g/mol. The van der Waals surface area contributed by atoms with Crippen molar-refractivity contribution in [3.63, 3.8) is 0 Å². The van der Waals surface area contributed by atoms with Crippen LogP contribution in [0.25, 0.3) is 0 Å². The maximum atomic E-state index is 8.87. The molecule has 0 aliphatic heterocycles. The Balaban J connectivity index is -0.000000162. The van der Waals surface area contributed by atoms with Gasteiger partial charge < -0.3 is 10.2 Å². The van der Waals surface area contributed by atoms with E-state index in [2.05, 4.69) is 9.66 Å². The molecule has 0 fully saturated rings. The first-order chi connectivity index (χ1) is 6.66. The van der Waals surface area contributed by atoms with Gasteiger partial charge in [0.15, 0.2) is 0 Å². The number of halogens is 1.